The van der Waals surface area contributed by atoms with Gasteiger partial charge < -0.3 is 4.90 Å². The molecule has 0 aromatic heterocycles. The van der Waals surface area contributed by atoms with Crippen molar-refractivity contribution < 1.29 is 0 Å². The lowest BCUT2D eigenvalue weighted by Gasteiger charge is -2.33. The number of hydrogen-bond donors (Lipinski definition) is 0. The zero-order chi connectivity index (χ0) is 53.5. The van der Waals surface area contributed by atoms with E-state index in [0.717, 1.165) is 17.1 Å². The Balaban J connectivity index is 0.819. The third kappa shape index (κ3) is 5.27. The average molecular weight is 1040 g/mol. The molecule has 1 heteroatoms. The Labute approximate surface area is 477 Å². The Morgan fingerprint density at radius 3 is 0.707 bits per heavy atom. The maximum atomic E-state index is 2.54. The lowest BCUT2D eigenvalue weighted by atomic mass is 9.70. The molecule has 0 atom stereocenters. The van der Waals surface area contributed by atoms with Gasteiger partial charge in [0.25, 0.3) is 0 Å². The minimum absolute atomic E-state index is 0.376. The van der Waals surface area contributed by atoms with Gasteiger partial charge in [-0.2, -0.15) is 0 Å². The van der Waals surface area contributed by atoms with Gasteiger partial charge in [-0.15, -0.1) is 0 Å². The van der Waals surface area contributed by atoms with E-state index in [4.69, 9.17) is 0 Å². The van der Waals surface area contributed by atoms with Crippen molar-refractivity contribution in [3.05, 3.63) is 364 Å². The molecule has 13 aromatic rings. The van der Waals surface area contributed by atoms with Crippen LogP contribution in [0.1, 0.15) is 66.8 Å². The smallest absolute Gasteiger partial charge is 0.0726 e. The molecule has 0 amide bonds. The minimum atomic E-state index is -0.487. The van der Waals surface area contributed by atoms with Gasteiger partial charge in [-0.1, -0.05) is 255 Å². The van der Waals surface area contributed by atoms with Crippen LogP contribution in [-0.2, 0) is 16.2 Å². The van der Waals surface area contributed by atoms with Gasteiger partial charge in [0.1, 0.15) is 0 Å². The van der Waals surface area contributed by atoms with E-state index < -0.39 is 10.8 Å². The molecule has 3 spiro atoms. The van der Waals surface area contributed by atoms with Crippen molar-refractivity contribution >= 4 is 17.1 Å². The van der Waals surface area contributed by atoms with Gasteiger partial charge in [-0.05, 0) is 187 Å². The standard InChI is InChI=1S/C81H49N/c1-10-28-67-55(19-1)56-20-2-11-29-68(56)79(67)75-36-18-9-27-63(75)66-47-51(39-46-76(66)79)50-37-40-52(41-38-50)82(53-42-44-64-61-25-7-16-34-73(61)80(77(64)48-53)69-30-12-3-21-57(69)58-22-4-13-31-70(58)80)54-43-45-65-62-26-8-17-35-74(62)81(78(65)49-54)71-32-14-5-23-59(71)60-24-6-15-33-72(60)81/h1-49H. The number of nitrogens with zero attached hydrogens (tertiary/aromatic N) is 1. The van der Waals surface area contributed by atoms with Crippen molar-refractivity contribution in [1.82, 2.24) is 0 Å². The number of anilines is 3. The second-order valence-electron chi connectivity index (χ2n) is 23.3. The van der Waals surface area contributed by atoms with Crippen LogP contribution in [0, 0.1) is 0 Å². The van der Waals surface area contributed by atoms with Crippen LogP contribution in [0.3, 0.4) is 0 Å². The third-order valence-electron chi connectivity index (χ3n) is 19.9. The molecule has 6 aliphatic carbocycles. The van der Waals surface area contributed by atoms with Gasteiger partial charge in [0, 0.05) is 17.1 Å². The molecule has 0 saturated carbocycles. The van der Waals surface area contributed by atoms with Crippen molar-refractivity contribution in [2.45, 2.75) is 16.2 Å². The zero-order valence-corrected chi connectivity index (χ0v) is 44.7. The zero-order valence-electron chi connectivity index (χ0n) is 44.7. The summed E-state index contributed by atoms with van der Waals surface area (Å²) in [6.45, 7) is 0. The SMILES string of the molecule is c1ccc2c(c1)-c1ccccc1C21c2ccccc2-c2cc(-c3ccc(N(c4ccc5c(c4)C4(c6ccccc6-c6ccccc64)c4ccccc4-5)c4ccc5c(c4)C4(c6ccccc6-c6ccccc64)c4ccccc4-5)cc3)ccc21. The van der Waals surface area contributed by atoms with E-state index in [1.54, 1.807) is 0 Å². The van der Waals surface area contributed by atoms with Crippen LogP contribution in [0.15, 0.2) is 297 Å². The summed E-state index contributed by atoms with van der Waals surface area (Å²) < 4.78 is 0. The largest absolute Gasteiger partial charge is 0.310 e. The second kappa shape index (κ2) is 15.9. The van der Waals surface area contributed by atoms with E-state index in [0.29, 0.717) is 0 Å². The highest BCUT2D eigenvalue weighted by atomic mass is 15.1. The van der Waals surface area contributed by atoms with Crippen LogP contribution in [0.25, 0.3) is 77.9 Å². The van der Waals surface area contributed by atoms with Crippen molar-refractivity contribution in [3.8, 4) is 77.9 Å². The van der Waals surface area contributed by atoms with E-state index in [1.165, 1.54) is 145 Å². The average Bonchev–Trinajstić information content (AvgIpc) is 3.29. The van der Waals surface area contributed by atoms with E-state index in [9.17, 15) is 0 Å². The summed E-state index contributed by atoms with van der Waals surface area (Å²) in [5.41, 5.74) is 36.2. The first-order valence-corrected chi connectivity index (χ1v) is 28.9. The Bertz CT molecular complexity index is 4590. The first-order chi connectivity index (χ1) is 40.7. The minimum Gasteiger partial charge on any atom is -0.310 e. The molecule has 0 N–H and O–H groups in total. The molecule has 0 bridgehead atoms. The lowest BCUT2D eigenvalue weighted by Crippen LogP contribution is -2.26. The van der Waals surface area contributed by atoms with E-state index in [-0.39, 0.29) is 5.41 Å². The summed E-state index contributed by atoms with van der Waals surface area (Å²) in [5, 5.41) is 0. The molecule has 13 aromatic carbocycles. The molecule has 0 fully saturated rings. The summed E-state index contributed by atoms with van der Waals surface area (Å²) >= 11 is 0. The summed E-state index contributed by atoms with van der Waals surface area (Å²) in [7, 11) is 0. The molecule has 0 aliphatic heterocycles. The van der Waals surface area contributed by atoms with Gasteiger partial charge >= 0.3 is 0 Å². The molecule has 1 nitrogen and oxygen atoms in total. The summed E-state index contributed by atoms with van der Waals surface area (Å²) in [6.07, 6.45) is 0. The van der Waals surface area contributed by atoms with Gasteiger partial charge in [0.15, 0.2) is 0 Å². The van der Waals surface area contributed by atoms with Gasteiger partial charge in [-0.3, -0.25) is 0 Å². The second-order valence-corrected chi connectivity index (χ2v) is 23.3. The quantitative estimate of drug-likeness (QED) is 0.170. The molecule has 378 valence electrons. The maximum absolute atomic E-state index is 2.54. The van der Waals surface area contributed by atoms with Crippen LogP contribution in [0.5, 0.6) is 0 Å². The number of fused-ring (bicyclic) bond motifs is 30. The molecular formula is C81H49N. The van der Waals surface area contributed by atoms with E-state index in [2.05, 4.69) is 302 Å². The Morgan fingerprint density at radius 2 is 0.390 bits per heavy atom. The highest BCUT2D eigenvalue weighted by Crippen LogP contribution is 2.67. The van der Waals surface area contributed by atoms with Crippen molar-refractivity contribution in [2.75, 3.05) is 4.90 Å². The summed E-state index contributed by atoms with van der Waals surface area (Å²) in [5.74, 6) is 0. The van der Waals surface area contributed by atoms with Gasteiger partial charge in [0.2, 0.25) is 0 Å². The van der Waals surface area contributed by atoms with Crippen molar-refractivity contribution in [3.63, 3.8) is 0 Å². The maximum Gasteiger partial charge on any atom is 0.0726 e. The van der Waals surface area contributed by atoms with Crippen molar-refractivity contribution in [2.24, 2.45) is 0 Å². The van der Waals surface area contributed by atoms with Crippen molar-refractivity contribution in [1.29, 1.82) is 0 Å². The Kier molecular flexibility index (Phi) is 8.65. The Hall–Kier alpha value is -10.3. The van der Waals surface area contributed by atoms with Crippen LogP contribution in [0.4, 0.5) is 17.1 Å². The first-order valence-electron chi connectivity index (χ1n) is 28.9. The molecule has 82 heavy (non-hydrogen) atoms. The molecule has 0 unspecified atom stereocenters. The molecule has 0 heterocycles. The Morgan fingerprint density at radius 1 is 0.159 bits per heavy atom. The summed E-state index contributed by atoms with van der Waals surface area (Å²) in [6, 6.07) is 113. The third-order valence-corrected chi connectivity index (χ3v) is 19.9. The van der Waals surface area contributed by atoms with E-state index in [1.807, 2.05) is 0 Å². The normalized spacial score (nSPS) is 14.9. The number of rotatable bonds is 4. The van der Waals surface area contributed by atoms with Crippen LogP contribution < -0.4 is 4.90 Å². The van der Waals surface area contributed by atoms with E-state index >= 15 is 0 Å². The molecule has 19 rings (SSSR count). The number of benzene rings is 13. The highest BCUT2D eigenvalue weighted by molar-refractivity contribution is 6.00. The number of hydrogen-bond acceptors (Lipinski definition) is 1. The highest BCUT2D eigenvalue weighted by Gasteiger charge is 2.55. The fourth-order valence-corrected chi connectivity index (χ4v) is 17.0. The molecular weight excluding hydrogens is 987 g/mol. The topological polar surface area (TPSA) is 3.24 Å². The fraction of sp³-hybridized carbons (Fsp3) is 0.0370. The summed E-state index contributed by atoms with van der Waals surface area (Å²) in [4.78, 5) is 2.54. The predicted octanol–water partition coefficient (Wildman–Crippen LogP) is 19.9. The van der Waals surface area contributed by atoms with Gasteiger partial charge in [0.05, 0.1) is 16.2 Å². The van der Waals surface area contributed by atoms with Crippen LogP contribution in [0.2, 0.25) is 0 Å². The fourth-order valence-electron chi connectivity index (χ4n) is 17.0. The molecule has 0 saturated heterocycles. The first kappa shape index (κ1) is 44.5. The molecule has 6 aliphatic rings. The van der Waals surface area contributed by atoms with Crippen LogP contribution >= 0.6 is 0 Å². The monoisotopic (exact) mass is 1040 g/mol. The lowest BCUT2D eigenvalue weighted by molar-refractivity contribution is 0.792. The molecule has 0 radical (unpaired) electrons. The predicted molar refractivity (Wildman–Crippen MR) is 335 cm³/mol. The van der Waals surface area contributed by atoms with Gasteiger partial charge in [-0.25, -0.2) is 0 Å². The van der Waals surface area contributed by atoms with Crippen LogP contribution in [-0.4, -0.2) is 0 Å².